The number of carbonyl (C=O) groups excluding carboxylic acids is 1. The minimum absolute atomic E-state index is 0.111. The molecular weight excluding hydrogens is 286 g/mol. The lowest BCUT2D eigenvalue weighted by Crippen LogP contribution is -2.09. The molecule has 98 valence electrons. The number of epoxide rings is 1. The van der Waals surface area contributed by atoms with Crippen LogP contribution in [0.3, 0.4) is 0 Å². The molecule has 3 nitrogen and oxygen atoms in total. The zero-order chi connectivity index (χ0) is 13.8. The number of halogens is 3. The van der Waals surface area contributed by atoms with Crippen LogP contribution < -0.4 is 0 Å². The number of esters is 1. The highest BCUT2D eigenvalue weighted by atomic mass is 35.5. The van der Waals surface area contributed by atoms with Gasteiger partial charge >= 0.3 is 5.97 Å². The lowest BCUT2D eigenvalue weighted by Gasteiger charge is -1.99. The maximum atomic E-state index is 10.7. The normalized spacial score (nSPS) is 15.2. The topological polar surface area (TPSA) is 38.8 Å². The Morgan fingerprint density at radius 2 is 1.88 bits per heavy atom. The molecule has 0 aromatic rings. The third-order valence-corrected chi connectivity index (χ3v) is 1.15. The van der Waals surface area contributed by atoms with Crippen LogP contribution in [-0.4, -0.2) is 25.3 Å². The van der Waals surface area contributed by atoms with Crippen LogP contribution in [0.5, 0.6) is 0 Å². The predicted octanol–water partition coefficient (Wildman–Crippen LogP) is 3.81. The predicted molar refractivity (Wildman–Crippen MR) is 72.4 cm³/mol. The summed E-state index contributed by atoms with van der Waals surface area (Å²) in [7, 11) is 0. The fourth-order valence-electron chi connectivity index (χ4n) is 0.456. The molecule has 0 N–H and O–H groups in total. The molecule has 1 unspecified atom stereocenters. The van der Waals surface area contributed by atoms with Crippen molar-refractivity contribution >= 4 is 40.8 Å². The first-order valence-corrected chi connectivity index (χ1v) is 5.69. The number of hydrogen-bond acceptors (Lipinski definition) is 3. The van der Waals surface area contributed by atoms with Crippen molar-refractivity contribution in [1.82, 2.24) is 0 Å². The number of rotatable bonds is 3. The Morgan fingerprint density at radius 3 is 2.12 bits per heavy atom. The maximum absolute atomic E-state index is 10.7. The summed E-state index contributed by atoms with van der Waals surface area (Å²) in [5, 5.41) is 0. The van der Waals surface area contributed by atoms with E-state index in [1.54, 1.807) is 6.92 Å². The van der Waals surface area contributed by atoms with E-state index in [2.05, 4.69) is 19.7 Å². The molecule has 0 saturated carbocycles. The number of ether oxygens (including phenoxy) is 2. The Labute approximate surface area is 117 Å². The summed E-state index contributed by atoms with van der Waals surface area (Å²) in [4.78, 5) is 10.7. The minimum Gasteiger partial charge on any atom is -0.459 e. The molecule has 1 rings (SSSR count). The number of hydrogen-bond donors (Lipinski definition) is 0. The first kappa shape index (κ1) is 18.9. The third kappa shape index (κ3) is 21.4. The zero-order valence-corrected chi connectivity index (χ0v) is 11.8. The SMILES string of the molecule is C=C(C)C(=O)OCC1CO1.C=C(Cl)Cl.C=CCl. The highest BCUT2D eigenvalue weighted by molar-refractivity contribution is 6.55. The fraction of sp³-hybridized carbons (Fsp3) is 0.364. The molecule has 1 fully saturated rings. The van der Waals surface area contributed by atoms with Crippen molar-refractivity contribution in [3.8, 4) is 0 Å². The zero-order valence-electron chi connectivity index (χ0n) is 9.55. The molecule has 0 bridgehead atoms. The first-order chi connectivity index (χ1) is 7.84. The lowest BCUT2D eigenvalue weighted by molar-refractivity contribution is -0.139. The molecule has 17 heavy (non-hydrogen) atoms. The van der Waals surface area contributed by atoms with Gasteiger partial charge in [0.1, 0.15) is 12.7 Å². The summed E-state index contributed by atoms with van der Waals surface area (Å²) in [6.45, 7) is 12.4. The largest absolute Gasteiger partial charge is 0.459 e. The van der Waals surface area contributed by atoms with E-state index in [1.807, 2.05) is 0 Å². The van der Waals surface area contributed by atoms with Crippen molar-refractivity contribution in [2.45, 2.75) is 13.0 Å². The summed E-state index contributed by atoms with van der Waals surface area (Å²) in [6, 6.07) is 0. The molecule has 1 heterocycles. The Balaban J connectivity index is 0. The molecule has 6 heteroatoms. The van der Waals surface area contributed by atoms with Gasteiger partial charge in [0.2, 0.25) is 0 Å². The second-order valence-electron chi connectivity index (χ2n) is 2.83. The molecule has 1 aliphatic heterocycles. The van der Waals surface area contributed by atoms with Crippen molar-refractivity contribution in [2.24, 2.45) is 0 Å². The monoisotopic (exact) mass is 300 g/mol. The highest BCUT2D eigenvalue weighted by Gasteiger charge is 2.24. The maximum Gasteiger partial charge on any atom is 0.333 e. The van der Waals surface area contributed by atoms with Crippen LogP contribution in [-0.2, 0) is 14.3 Å². The Kier molecular flexibility index (Phi) is 13.3. The van der Waals surface area contributed by atoms with Crippen LogP contribution in [0, 0.1) is 0 Å². The molecule has 1 aliphatic rings. The molecule has 0 spiro atoms. The van der Waals surface area contributed by atoms with Crippen LogP contribution in [0.2, 0.25) is 0 Å². The summed E-state index contributed by atoms with van der Waals surface area (Å²) in [5.74, 6) is -0.337. The van der Waals surface area contributed by atoms with E-state index < -0.39 is 0 Å². The molecule has 0 aliphatic carbocycles. The second-order valence-corrected chi connectivity index (χ2v) is 4.24. The van der Waals surface area contributed by atoms with Crippen LogP contribution >= 0.6 is 34.8 Å². The van der Waals surface area contributed by atoms with Crippen molar-refractivity contribution in [3.63, 3.8) is 0 Å². The van der Waals surface area contributed by atoms with Gasteiger partial charge in [-0.15, -0.1) is 0 Å². The molecule has 0 aromatic carbocycles. The average molecular weight is 302 g/mol. The van der Waals surface area contributed by atoms with E-state index in [0.717, 1.165) is 0 Å². The second kappa shape index (κ2) is 12.0. The highest BCUT2D eigenvalue weighted by Crippen LogP contribution is 2.09. The molecular formula is C11H15Cl3O3. The van der Waals surface area contributed by atoms with E-state index in [1.165, 1.54) is 5.54 Å². The van der Waals surface area contributed by atoms with Crippen LogP contribution in [0.15, 0.2) is 35.3 Å². The third-order valence-electron chi connectivity index (χ3n) is 1.15. The van der Waals surface area contributed by atoms with Gasteiger partial charge in [-0.3, -0.25) is 0 Å². The number of carbonyl (C=O) groups is 1. The summed E-state index contributed by atoms with van der Waals surface area (Å²) in [6.07, 6.45) is 0.142. The van der Waals surface area contributed by atoms with Gasteiger partial charge in [0.25, 0.3) is 0 Å². The van der Waals surface area contributed by atoms with Gasteiger partial charge in [0, 0.05) is 5.57 Å². The van der Waals surface area contributed by atoms with E-state index in [-0.39, 0.29) is 16.6 Å². The average Bonchev–Trinajstić information content (AvgIpc) is 2.97. The van der Waals surface area contributed by atoms with Gasteiger partial charge in [-0.1, -0.05) is 54.5 Å². The van der Waals surface area contributed by atoms with Crippen molar-refractivity contribution in [2.75, 3.05) is 13.2 Å². The molecule has 1 saturated heterocycles. The fourth-order valence-corrected chi connectivity index (χ4v) is 0.456. The Hall–Kier alpha value is -0.480. The minimum atomic E-state index is -0.337. The van der Waals surface area contributed by atoms with Gasteiger partial charge in [-0.25, -0.2) is 4.79 Å². The van der Waals surface area contributed by atoms with Gasteiger partial charge in [-0.2, -0.15) is 0 Å². The standard InChI is InChI=1S/C7H10O3.C2H2Cl2.C2H3Cl/c1-5(2)7(8)10-4-6-3-9-6;1-2(3)4;1-2-3/h6H,1,3-4H2,2H3;1H2;2H,1H2. The van der Waals surface area contributed by atoms with Crippen LogP contribution in [0.4, 0.5) is 0 Å². The van der Waals surface area contributed by atoms with Crippen molar-refractivity contribution < 1.29 is 14.3 Å². The van der Waals surface area contributed by atoms with Crippen LogP contribution in [0.25, 0.3) is 0 Å². The van der Waals surface area contributed by atoms with Gasteiger partial charge < -0.3 is 9.47 Å². The lowest BCUT2D eigenvalue weighted by atomic mass is 10.4. The van der Waals surface area contributed by atoms with Gasteiger partial charge in [0.15, 0.2) is 0 Å². The molecule has 1 atom stereocenters. The quantitative estimate of drug-likeness (QED) is 0.452. The van der Waals surface area contributed by atoms with E-state index >= 15 is 0 Å². The van der Waals surface area contributed by atoms with E-state index in [4.69, 9.17) is 44.3 Å². The van der Waals surface area contributed by atoms with Gasteiger partial charge in [-0.05, 0) is 12.5 Å². The molecule has 0 aromatic heterocycles. The van der Waals surface area contributed by atoms with Crippen LogP contribution in [0.1, 0.15) is 6.92 Å². The van der Waals surface area contributed by atoms with Gasteiger partial charge in [0.05, 0.1) is 11.1 Å². The molecule has 0 radical (unpaired) electrons. The first-order valence-electron chi connectivity index (χ1n) is 4.50. The Morgan fingerprint density at radius 1 is 1.53 bits per heavy atom. The van der Waals surface area contributed by atoms with E-state index in [0.29, 0.717) is 18.8 Å². The summed E-state index contributed by atoms with van der Waals surface area (Å²) in [5.41, 5.74) is 1.65. The molecule has 0 amide bonds. The Bertz CT molecular complexity index is 269. The summed E-state index contributed by atoms with van der Waals surface area (Å²) < 4.78 is 9.71. The van der Waals surface area contributed by atoms with E-state index in [9.17, 15) is 4.79 Å². The summed E-state index contributed by atoms with van der Waals surface area (Å²) >= 11 is 14.5. The smallest absolute Gasteiger partial charge is 0.333 e. The van der Waals surface area contributed by atoms with Crippen molar-refractivity contribution in [3.05, 3.63) is 35.3 Å². The van der Waals surface area contributed by atoms with Crippen molar-refractivity contribution in [1.29, 1.82) is 0 Å².